The molecule has 0 fully saturated rings. The van der Waals surface area contributed by atoms with Crippen molar-refractivity contribution in [2.45, 2.75) is 26.2 Å². The van der Waals surface area contributed by atoms with E-state index in [-0.39, 0.29) is 32.3 Å². The quantitative estimate of drug-likeness (QED) is 0.163. The van der Waals surface area contributed by atoms with E-state index in [1.54, 1.807) is 18.3 Å². The molecule has 1 aliphatic rings. The van der Waals surface area contributed by atoms with Gasteiger partial charge in [0.15, 0.2) is 0 Å². The van der Waals surface area contributed by atoms with Crippen LogP contribution in [0.15, 0.2) is 116 Å². The summed E-state index contributed by atoms with van der Waals surface area (Å²) in [6.45, 7) is 8.56. The van der Waals surface area contributed by atoms with Crippen LogP contribution in [0, 0.1) is 24.6 Å². The van der Waals surface area contributed by atoms with Crippen LogP contribution in [-0.4, -0.2) is 14.5 Å². The number of ether oxygens (including phenoxy) is 1. The Morgan fingerprint density at radius 3 is 2.26 bits per heavy atom. The number of fused-ring (bicyclic) bond motifs is 4. The van der Waals surface area contributed by atoms with Gasteiger partial charge in [0, 0.05) is 55.6 Å². The molecular weight excluding hydrogens is 769 g/mol. The van der Waals surface area contributed by atoms with Crippen molar-refractivity contribution in [2.75, 3.05) is 9.80 Å². The van der Waals surface area contributed by atoms with Gasteiger partial charge in [-0.2, -0.15) is 23.9 Å². The van der Waals surface area contributed by atoms with Gasteiger partial charge in [-0.1, -0.05) is 56.6 Å². The van der Waals surface area contributed by atoms with Gasteiger partial charge in [0.05, 0.1) is 0 Å². The standard InChI is InChI=1S/C39H29FN5O.Pt/c1-39(2,3)26-18-20-41-37(22-26)45-33-9-5-4-8-31(33)32-17-16-30(24-36(32)45)46-38-23-29(19-21-42-38)44-25-43(28-14-12-27(40)13-15-28)34-10-6-7-11-35(34)44;/h4-22,25H,1-3H3;/q-3;. The second-order valence-corrected chi connectivity index (χ2v) is 12.3. The molecule has 8 rings (SSSR count). The van der Waals surface area contributed by atoms with E-state index in [4.69, 9.17) is 9.72 Å². The topological polar surface area (TPSA) is 46.4 Å². The van der Waals surface area contributed by atoms with Crippen molar-refractivity contribution in [1.29, 1.82) is 0 Å². The zero-order chi connectivity index (χ0) is 31.4. The summed E-state index contributed by atoms with van der Waals surface area (Å²) in [5.41, 5.74) is 6.62. The number of para-hydroxylation sites is 3. The third-order valence-corrected chi connectivity index (χ3v) is 8.26. The number of hydrogen-bond acceptors (Lipinski definition) is 5. The van der Waals surface area contributed by atoms with Crippen molar-refractivity contribution in [3.05, 3.63) is 146 Å². The van der Waals surface area contributed by atoms with Crippen LogP contribution in [0.3, 0.4) is 0 Å². The number of rotatable bonds is 5. The number of aromatic nitrogens is 3. The van der Waals surface area contributed by atoms with E-state index in [2.05, 4.69) is 72.8 Å². The average molecular weight is 798 g/mol. The van der Waals surface area contributed by atoms with Crippen molar-refractivity contribution in [3.8, 4) is 17.4 Å². The molecule has 6 nitrogen and oxygen atoms in total. The first-order chi connectivity index (χ1) is 22.3. The molecule has 1 aliphatic heterocycles. The molecule has 0 bridgehead atoms. The smallest absolute Gasteiger partial charge is 0.135 e. The molecule has 0 saturated heterocycles. The summed E-state index contributed by atoms with van der Waals surface area (Å²) in [6.07, 6.45) is 3.57. The molecule has 4 heterocycles. The molecule has 236 valence electrons. The molecule has 0 spiro atoms. The van der Waals surface area contributed by atoms with E-state index < -0.39 is 0 Å². The van der Waals surface area contributed by atoms with Gasteiger partial charge in [0.2, 0.25) is 0 Å². The molecular formula is C39H29FN5OPt-3. The molecule has 0 saturated carbocycles. The maximum atomic E-state index is 13.7. The molecule has 0 radical (unpaired) electrons. The third-order valence-electron chi connectivity index (χ3n) is 8.26. The first-order valence-corrected chi connectivity index (χ1v) is 15.1. The van der Waals surface area contributed by atoms with Crippen molar-refractivity contribution in [2.24, 2.45) is 0 Å². The fraction of sp³-hybridized carbons (Fsp3) is 0.103. The number of benzene rings is 4. The van der Waals surface area contributed by atoms with Crippen LogP contribution in [-0.2, 0) is 26.5 Å². The summed E-state index contributed by atoms with van der Waals surface area (Å²) in [5, 5.41) is 2.17. The second-order valence-electron chi connectivity index (χ2n) is 12.3. The summed E-state index contributed by atoms with van der Waals surface area (Å²) in [6, 6.07) is 39.7. The monoisotopic (exact) mass is 797 g/mol. The minimum atomic E-state index is -0.276. The van der Waals surface area contributed by atoms with Crippen molar-refractivity contribution in [3.63, 3.8) is 0 Å². The number of halogens is 1. The van der Waals surface area contributed by atoms with E-state index in [0.29, 0.717) is 11.6 Å². The van der Waals surface area contributed by atoms with E-state index in [1.807, 2.05) is 71.2 Å². The number of nitrogens with zero attached hydrogens (tertiary/aromatic N) is 5. The SMILES string of the molecule is CC(C)(C)c1ccnc(-n2c3[c-]c(Oc4[c-]c(N5[CH-]N(c6ccc(F)cc6)c6ccccc65)ccn4)ccc3c3ccccc32)c1.[Pt]. The Balaban J connectivity index is 0.00000351. The predicted molar refractivity (Wildman–Crippen MR) is 181 cm³/mol. The van der Waals surface area contributed by atoms with Gasteiger partial charge in [0.1, 0.15) is 17.5 Å². The Bertz CT molecular complexity index is 2240. The average Bonchev–Trinajstić information content (AvgIpc) is 3.61. The second kappa shape index (κ2) is 12.0. The molecule has 0 amide bonds. The van der Waals surface area contributed by atoms with Gasteiger partial charge in [-0.25, -0.2) is 9.37 Å². The van der Waals surface area contributed by atoms with E-state index in [9.17, 15) is 4.39 Å². The number of pyridine rings is 2. The molecule has 0 aliphatic carbocycles. The van der Waals surface area contributed by atoms with Crippen LogP contribution in [0.2, 0.25) is 0 Å². The van der Waals surface area contributed by atoms with E-state index in [1.165, 1.54) is 17.7 Å². The van der Waals surface area contributed by atoms with E-state index >= 15 is 0 Å². The van der Waals surface area contributed by atoms with Crippen molar-refractivity contribution >= 4 is 44.6 Å². The minimum Gasteiger partial charge on any atom is -0.503 e. The Hall–Kier alpha value is -5.00. The Morgan fingerprint density at radius 1 is 0.745 bits per heavy atom. The summed E-state index contributed by atoms with van der Waals surface area (Å²) < 4.78 is 22.1. The maximum absolute atomic E-state index is 13.7. The summed E-state index contributed by atoms with van der Waals surface area (Å²) in [7, 11) is 0. The maximum Gasteiger partial charge on any atom is 0.135 e. The third kappa shape index (κ3) is 5.55. The molecule has 47 heavy (non-hydrogen) atoms. The normalized spacial score (nSPS) is 12.8. The molecule has 4 aromatic carbocycles. The molecule has 7 aromatic rings. The summed E-state index contributed by atoms with van der Waals surface area (Å²) >= 11 is 0. The van der Waals surface area contributed by atoms with Gasteiger partial charge in [-0.05, 0) is 77.2 Å². The summed E-state index contributed by atoms with van der Waals surface area (Å²) in [4.78, 5) is 13.3. The molecule has 0 N–H and O–H groups in total. The van der Waals surface area contributed by atoms with Crippen LogP contribution in [0.1, 0.15) is 26.3 Å². The van der Waals surface area contributed by atoms with Crippen LogP contribution in [0.5, 0.6) is 11.6 Å². The van der Waals surface area contributed by atoms with Gasteiger partial charge in [-0.3, -0.25) is 4.98 Å². The molecule has 3 aromatic heterocycles. The minimum absolute atomic E-state index is 0. The van der Waals surface area contributed by atoms with Gasteiger partial charge >= 0.3 is 0 Å². The first kappa shape index (κ1) is 30.6. The Labute approximate surface area is 287 Å². The van der Waals surface area contributed by atoms with Gasteiger partial charge in [0.25, 0.3) is 0 Å². The van der Waals surface area contributed by atoms with Crippen LogP contribution >= 0.6 is 0 Å². The van der Waals surface area contributed by atoms with Crippen LogP contribution < -0.4 is 14.5 Å². The zero-order valence-electron chi connectivity index (χ0n) is 25.9. The fourth-order valence-electron chi connectivity index (χ4n) is 5.95. The Kier molecular flexibility index (Phi) is 7.81. The largest absolute Gasteiger partial charge is 0.503 e. The first-order valence-electron chi connectivity index (χ1n) is 15.1. The van der Waals surface area contributed by atoms with Crippen LogP contribution in [0.4, 0.5) is 27.1 Å². The summed E-state index contributed by atoms with van der Waals surface area (Å²) in [5.74, 6) is 1.38. The fourth-order valence-corrected chi connectivity index (χ4v) is 5.95. The molecule has 0 unspecified atom stereocenters. The van der Waals surface area contributed by atoms with Crippen molar-refractivity contribution in [1.82, 2.24) is 14.5 Å². The Morgan fingerprint density at radius 2 is 1.47 bits per heavy atom. The van der Waals surface area contributed by atoms with Gasteiger partial charge < -0.3 is 19.1 Å². The predicted octanol–water partition coefficient (Wildman–Crippen LogP) is 9.81. The molecule has 0 atom stereocenters. The zero-order valence-corrected chi connectivity index (χ0v) is 28.2. The molecule has 8 heteroatoms. The van der Waals surface area contributed by atoms with Crippen LogP contribution in [0.25, 0.3) is 27.6 Å². The van der Waals surface area contributed by atoms with Gasteiger partial charge in [-0.15, -0.1) is 24.2 Å². The van der Waals surface area contributed by atoms with E-state index in [0.717, 1.165) is 50.4 Å². The van der Waals surface area contributed by atoms with Crippen molar-refractivity contribution < 1.29 is 30.2 Å². The number of anilines is 4. The number of hydrogen-bond donors (Lipinski definition) is 0.